The molecule has 1 aliphatic carbocycles. The van der Waals surface area contributed by atoms with Crippen LogP contribution in [0.25, 0.3) is 0 Å². The molecule has 3 rings (SSSR count). The van der Waals surface area contributed by atoms with Gasteiger partial charge in [-0.3, -0.25) is 4.79 Å². The lowest BCUT2D eigenvalue weighted by Gasteiger charge is -2.08. The highest BCUT2D eigenvalue weighted by Gasteiger charge is 2.32. The number of esters is 1. The Morgan fingerprint density at radius 3 is 2.96 bits per heavy atom. The minimum atomic E-state index is -0.348. The van der Waals surface area contributed by atoms with Crippen LogP contribution < -0.4 is 5.32 Å². The third kappa shape index (κ3) is 4.21. The Bertz CT molecular complexity index is 704. The molecule has 0 saturated heterocycles. The van der Waals surface area contributed by atoms with Gasteiger partial charge in [-0.2, -0.15) is 0 Å². The minimum absolute atomic E-state index is 0.124. The van der Waals surface area contributed by atoms with Crippen LogP contribution in [0.5, 0.6) is 0 Å². The first-order valence-corrected chi connectivity index (χ1v) is 9.91. The zero-order valence-corrected chi connectivity index (χ0v) is 15.0. The molecule has 1 fully saturated rings. The van der Waals surface area contributed by atoms with Crippen molar-refractivity contribution in [2.24, 2.45) is 0 Å². The van der Waals surface area contributed by atoms with E-state index in [2.05, 4.69) is 5.32 Å². The number of thiophene rings is 1. The molecule has 0 unspecified atom stereocenters. The summed E-state index contributed by atoms with van der Waals surface area (Å²) in [5.74, 6) is 1.75. The number of anilines is 1. The summed E-state index contributed by atoms with van der Waals surface area (Å²) in [6.07, 6.45) is 3.80. The van der Waals surface area contributed by atoms with E-state index in [0.717, 1.165) is 24.2 Å². The second-order valence-electron chi connectivity index (χ2n) is 5.51. The molecule has 0 atom stereocenters. The van der Waals surface area contributed by atoms with Gasteiger partial charge in [-0.25, -0.2) is 4.79 Å². The number of hydrogen-bond acceptors (Lipinski definition) is 6. The summed E-state index contributed by atoms with van der Waals surface area (Å²) in [5.41, 5.74) is 1.55. The van der Waals surface area contributed by atoms with Gasteiger partial charge in [0.1, 0.15) is 10.8 Å². The van der Waals surface area contributed by atoms with Gasteiger partial charge in [0.05, 0.1) is 29.9 Å². The van der Waals surface area contributed by atoms with Crippen LogP contribution in [0.1, 0.15) is 47.4 Å². The predicted octanol–water partition coefficient (Wildman–Crippen LogP) is 4.27. The highest BCUT2D eigenvalue weighted by Crippen LogP contribution is 2.46. The average Bonchev–Trinajstić information content (AvgIpc) is 3.10. The zero-order chi connectivity index (χ0) is 16.9. The monoisotopic (exact) mass is 365 g/mol. The molecule has 1 N–H and O–H groups in total. The number of carbonyl (C=O) groups excluding carboxylic acids is 2. The van der Waals surface area contributed by atoms with Crippen molar-refractivity contribution in [1.29, 1.82) is 0 Å². The number of furan rings is 1. The largest absolute Gasteiger partial charge is 0.468 e. The second-order valence-corrected chi connectivity index (χ2v) is 7.38. The van der Waals surface area contributed by atoms with E-state index in [1.54, 1.807) is 13.2 Å². The summed E-state index contributed by atoms with van der Waals surface area (Å²) in [4.78, 5) is 24.4. The average molecular weight is 365 g/mol. The number of thioether (sulfide) groups is 1. The van der Waals surface area contributed by atoms with Crippen LogP contribution >= 0.6 is 23.1 Å². The maximum absolute atomic E-state index is 12.2. The second kappa shape index (κ2) is 7.90. The van der Waals surface area contributed by atoms with Crippen LogP contribution in [0.2, 0.25) is 0 Å². The number of ether oxygens (including phenoxy) is 1. The molecule has 0 spiro atoms. The first kappa shape index (κ1) is 17.1. The quantitative estimate of drug-likeness (QED) is 0.708. The number of carbonyl (C=O) groups is 2. The molecule has 0 aliphatic heterocycles. The molecule has 1 amide bonds. The van der Waals surface area contributed by atoms with Crippen LogP contribution in [0, 0.1) is 0 Å². The van der Waals surface area contributed by atoms with E-state index in [1.807, 2.05) is 17.5 Å². The third-order valence-corrected chi connectivity index (χ3v) is 5.50. The van der Waals surface area contributed by atoms with E-state index in [4.69, 9.17) is 9.15 Å². The highest BCUT2D eigenvalue weighted by atomic mass is 32.2. The molecule has 7 heteroatoms. The van der Waals surface area contributed by atoms with Gasteiger partial charge in [0, 0.05) is 0 Å². The van der Waals surface area contributed by atoms with E-state index in [9.17, 15) is 9.59 Å². The first-order chi connectivity index (χ1) is 11.7. The summed E-state index contributed by atoms with van der Waals surface area (Å²) in [6.45, 7) is 2.11. The molecule has 24 heavy (non-hydrogen) atoms. The van der Waals surface area contributed by atoms with Crippen LogP contribution in [0.4, 0.5) is 5.00 Å². The van der Waals surface area contributed by atoms with Gasteiger partial charge in [0.15, 0.2) is 0 Å². The topological polar surface area (TPSA) is 68.5 Å². The van der Waals surface area contributed by atoms with Crippen molar-refractivity contribution in [2.75, 3.05) is 17.7 Å². The number of rotatable bonds is 8. The Morgan fingerprint density at radius 1 is 1.46 bits per heavy atom. The molecule has 2 aromatic rings. The molecule has 128 valence electrons. The first-order valence-electron chi connectivity index (χ1n) is 7.87. The summed E-state index contributed by atoms with van der Waals surface area (Å²) < 4.78 is 10.4. The summed E-state index contributed by atoms with van der Waals surface area (Å²) in [5, 5.41) is 5.42. The van der Waals surface area contributed by atoms with Gasteiger partial charge in [0.25, 0.3) is 0 Å². The zero-order valence-electron chi connectivity index (χ0n) is 13.4. The fourth-order valence-electron chi connectivity index (χ4n) is 2.37. The van der Waals surface area contributed by atoms with Crippen molar-refractivity contribution < 1.29 is 18.7 Å². The van der Waals surface area contributed by atoms with Gasteiger partial charge >= 0.3 is 5.97 Å². The molecule has 0 bridgehead atoms. The van der Waals surface area contributed by atoms with E-state index in [1.165, 1.54) is 23.1 Å². The molecule has 0 aromatic carbocycles. The van der Waals surface area contributed by atoms with Crippen LogP contribution in [-0.2, 0) is 15.3 Å². The lowest BCUT2D eigenvalue weighted by atomic mass is 10.1. The van der Waals surface area contributed by atoms with Crippen molar-refractivity contribution in [3.63, 3.8) is 0 Å². The Kier molecular flexibility index (Phi) is 5.63. The standard InChI is InChI=1S/C17H19NO4S2/c1-2-21-17(20)15-13(11-5-6-11)9-24-16(15)18-14(19)10-23-8-12-4-3-7-22-12/h3-4,7,9,11H,2,5-6,8,10H2,1H3,(H,18,19). The molecule has 2 heterocycles. The Morgan fingerprint density at radius 2 is 2.29 bits per heavy atom. The molecule has 0 radical (unpaired) electrons. The van der Waals surface area contributed by atoms with E-state index >= 15 is 0 Å². The van der Waals surface area contributed by atoms with Crippen molar-refractivity contribution in [3.05, 3.63) is 40.7 Å². The van der Waals surface area contributed by atoms with Gasteiger partial charge in [-0.1, -0.05) is 0 Å². The summed E-state index contributed by atoms with van der Waals surface area (Å²) in [7, 11) is 0. The van der Waals surface area contributed by atoms with Crippen molar-refractivity contribution in [2.45, 2.75) is 31.4 Å². The van der Waals surface area contributed by atoms with Crippen molar-refractivity contribution in [3.8, 4) is 0 Å². The fourth-order valence-corrected chi connectivity index (χ4v) is 4.15. The van der Waals surface area contributed by atoms with Gasteiger partial charge in [-0.05, 0) is 48.8 Å². The van der Waals surface area contributed by atoms with Crippen molar-refractivity contribution >= 4 is 40.0 Å². The molecule has 5 nitrogen and oxygen atoms in total. The van der Waals surface area contributed by atoms with Gasteiger partial charge in [-0.15, -0.1) is 23.1 Å². The smallest absolute Gasteiger partial charge is 0.341 e. The van der Waals surface area contributed by atoms with E-state index < -0.39 is 0 Å². The Balaban J connectivity index is 1.61. The maximum atomic E-state index is 12.2. The maximum Gasteiger partial charge on any atom is 0.341 e. The third-order valence-electron chi connectivity index (χ3n) is 3.63. The molecule has 1 saturated carbocycles. The molecular formula is C17H19NO4S2. The molecule has 1 aliphatic rings. The lowest BCUT2D eigenvalue weighted by Crippen LogP contribution is -2.16. The Labute approximate surface area is 148 Å². The molecule has 2 aromatic heterocycles. The SMILES string of the molecule is CCOC(=O)c1c(C2CC2)csc1NC(=O)CSCc1ccco1. The number of hydrogen-bond donors (Lipinski definition) is 1. The number of nitrogens with one attached hydrogen (secondary N) is 1. The van der Waals surface area contributed by atoms with Gasteiger partial charge < -0.3 is 14.5 Å². The summed E-state index contributed by atoms with van der Waals surface area (Å²) >= 11 is 2.87. The fraction of sp³-hybridized carbons (Fsp3) is 0.412. The predicted molar refractivity (Wildman–Crippen MR) is 95.8 cm³/mol. The van der Waals surface area contributed by atoms with Crippen molar-refractivity contribution in [1.82, 2.24) is 0 Å². The highest BCUT2D eigenvalue weighted by molar-refractivity contribution is 7.99. The summed E-state index contributed by atoms with van der Waals surface area (Å²) in [6, 6.07) is 3.71. The van der Waals surface area contributed by atoms with Crippen LogP contribution in [0.3, 0.4) is 0 Å². The number of amides is 1. The van der Waals surface area contributed by atoms with Crippen LogP contribution in [-0.4, -0.2) is 24.2 Å². The molecular weight excluding hydrogens is 346 g/mol. The Hall–Kier alpha value is -1.73. The minimum Gasteiger partial charge on any atom is -0.468 e. The lowest BCUT2D eigenvalue weighted by molar-refractivity contribution is -0.113. The van der Waals surface area contributed by atoms with E-state index in [-0.39, 0.29) is 11.9 Å². The normalized spacial score (nSPS) is 13.7. The van der Waals surface area contributed by atoms with Gasteiger partial charge in [0.2, 0.25) is 5.91 Å². The van der Waals surface area contributed by atoms with E-state index in [0.29, 0.717) is 34.6 Å². The van der Waals surface area contributed by atoms with Crippen LogP contribution in [0.15, 0.2) is 28.2 Å².